The Labute approximate surface area is 169 Å². The number of nitrogens with one attached hydrogen (secondary N) is 2. The topological polar surface area (TPSA) is 71.8 Å². The second kappa shape index (κ2) is 7.89. The number of amides is 1. The van der Waals surface area contributed by atoms with Crippen molar-refractivity contribution in [2.45, 2.75) is 33.2 Å². The van der Waals surface area contributed by atoms with E-state index in [1.54, 1.807) is 6.20 Å². The van der Waals surface area contributed by atoms with Crippen LogP contribution in [0.15, 0.2) is 30.5 Å². The Morgan fingerprint density at radius 3 is 2.68 bits per heavy atom. The molecule has 1 aliphatic rings. The SMILES string of the molecule is Cc1ccc(NC(=O)c2cnc3c(c(C)nn3CC3CCNCC3)c2Cl)cc1. The van der Waals surface area contributed by atoms with Crippen LogP contribution in [0.1, 0.15) is 34.5 Å². The van der Waals surface area contributed by atoms with Crippen LogP contribution in [-0.4, -0.2) is 33.8 Å². The molecule has 0 aliphatic carbocycles. The molecule has 0 unspecified atom stereocenters. The Morgan fingerprint density at radius 1 is 1.25 bits per heavy atom. The first-order chi connectivity index (χ1) is 13.5. The molecule has 3 heterocycles. The molecule has 1 fully saturated rings. The van der Waals surface area contributed by atoms with Gasteiger partial charge in [0.15, 0.2) is 5.65 Å². The quantitative estimate of drug-likeness (QED) is 0.699. The fourth-order valence-corrected chi connectivity index (χ4v) is 4.06. The molecule has 0 bridgehead atoms. The number of nitrogens with zero attached hydrogens (tertiary/aromatic N) is 3. The lowest BCUT2D eigenvalue weighted by Gasteiger charge is -2.22. The Bertz CT molecular complexity index is 1010. The molecule has 146 valence electrons. The van der Waals surface area contributed by atoms with Gasteiger partial charge >= 0.3 is 0 Å². The van der Waals surface area contributed by atoms with E-state index in [4.69, 9.17) is 11.6 Å². The van der Waals surface area contributed by atoms with Crippen molar-refractivity contribution in [2.75, 3.05) is 18.4 Å². The molecule has 1 saturated heterocycles. The molecular formula is C21H24ClN5O. The van der Waals surface area contributed by atoms with Gasteiger partial charge in [-0.2, -0.15) is 5.10 Å². The molecule has 1 amide bonds. The zero-order valence-electron chi connectivity index (χ0n) is 16.1. The van der Waals surface area contributed by atoms with Crippen LogP contribution in [0, 0.1) is 19.8 Å². The Hall–Kier alpha value is -2.44. The summed E-state index contributed by atoms with van der Waals surface area (Å²) in [5, 5.41) is 12.1. The third-order valence-corrected chi connectivity index (χ3v) is 5.71. The zero-order valence-corrected chi connectivity index (χ0v) is 16.9. The van der Waals surface area contributed by atoms with Gasteiger partial charge in [0.25, 0.3) is 5.91 Å². The number of hydrogen-bond donors (Lipinski definition) is 2. The average molecular weight is 398 g/mol. The molecule has 2 aromatic heterocycles. The molecule has 7 heteroatoms. The molecule has 0 spiro atoms. The van der Waals surface area contributed by atoms with E-state index in [-0.39, 0.29) is 5.91 Å². The molecular weight excluding hydrogens is 374 g/mol. The molecule has 0 atom stereocenters. The summed E-state index contributed by atoms with van der Waals surface area (Å²) in [6.07, 6.45) is 3.81. The molecule has 6 nitrogen and oxygen atoms in total. The van der Waals surface area contributed by atoms with E-state index < -0.39 is 0 Å². The predicted molar refractivity (Wildman–Crippen MR) is 112 cm³/mol. The largest absolute Gasteiger partial charge is 0.322 e. The van der Waals surface area contributed by atoms with Crippen LogP contribution >= 0.6 is 11.6 Å². The summed E-state index contributed by atoms with van der Waals surface area (Å²) in [5.41, 5.74) is 3.76. The van der Waals surface area contributed by atoms with Crippen molar-refractivity contribution in [1.82, 2.24) is 20.1 Å². The van der Waals surface area contributed by atoms with Crippen LogP contribution < -0.4 is 10.6 Å². The summed E-state index contributed by atoms with van der Waals surface area (Å²) < 4.78 is 1.94. The van der Waals surface area contributed by atoms with E-state index in [0.717, 1.165) is 60.5 Å². The molecule has 2 N–H and O–H groups in total. The van der Waals surface area contributed by atoms with Crippen LogP contribution in [0.3, 0.4) is 0 Å². The van der Waals surface area contributed by atoms with Crippen LogP contribution in [0.4, 0.5) is 5.69 Å². The van der Waals surface area contributed by atoms with Crippen molar-refractivity contribution in [3.63, 3.8) is 0 Å². The second-order valence-corrected chi connectivity index (χ2v) is 7.84. The fraction of sp³-hybridized carbons (Fsp3) is 0.381. The van der Waals surface area contributed by atoms with Crippen LogP contribution in [0.25, 0.3) is 11.0 Å². The van der Waals surface area contributed by atoms with Gasteiger partial charge in [0, 0.05) is 18.4 Å². The van der Waals surface area contributed by atoms with E-state index in [1.807, 2.05) is 42.8 Å². The van der Waals surface area contributed by atoms with Crippen molar-refractivity contribution in [1.29, 1.82) is 0 Å². The number of aromatic nitrogens is 3. The van der Waals surface area contributed by atoms with Crippen molar-refractivity contribution in [3.05, 3.63) is 52.3 Å². The number of pyridine rings is 1. The highest BCUT2D eigenvalue weighted by Crippen LogP contribution is 2.30. The maximum atomic E-state index is 12.7. The summed E-state index contributed by atoms with van der Waals surface area (Å²) in [6.45, 7) is 6.83. The number of halogens is 1. The third-order valence-electron chi connectivity index (χ3n) is 5.32. The smallest absolute Gasteiger partial charge is 0.258 e. The summed E-state index contributed by atoms with van der Waals surface area (Å²) in [5.74, 6) is 0.308. The van der Waals surface area contributed by atoms with Gasteiger partial charge in [-0.25, -0.2) is 9.67 Å². The van der Waals surface area contributed by atoms with E-state index in [1.165, 1.54) is 0 Å². The second-order valence-electron chi connectivity index (χ2n) is 7.47. The molecule has 1 aliphatic heterocycles. The number of carbonyl (C=O) groups excluding carboxylic acids is 1. The highest BCUT2D eigenvalue weighted by molar-refractivity contribution is 6.39. The number of fused-ring (bicyclic) bond motifs is 1. The Kier molecular flexibility index (Phi) is 5.33. The van der Waals surface area contributed by atoms with Crippen LogP contribution in [0.5, 0.6) is 0 Å². The van der Waals surface area contributed by atoms with Crippen molar-refractivity contribution in [2.24, 2.45) is 5.92 Å². The summed E-state index contributed by atoms with van der Waals surface area (Å²) in [7, 11) is 0. The number of benzene rings is 1. The first kappa shape index (κ1) is 18.9. The summed E-state index contributed by atoms with van der Waals surface area (Å²) in [6, 6.07) is 7.64. The summed E-state index contributed by atoms with van der Waals surface area (Å²) in [4.78, 5) is 17.3. The highest BCUT2D eigenvalue weighted by Gasteiger charge is 2.21. The maximum Gasteiger partial charge on any atom is 0.258 e. The molecule has 0 saturated carbocycles. The molecule has 0 radical (unpaired) electrons. The summed E-state index contributed by atoms with van der Waals surface area (Å²) >= 11 is 6.63. The maximum absolute atomic E-state index is 12.7. The van der Waals surface area contributed by atoms with Gasteiger partial charge in [-0.1, -0.05) is 29.3 Å². The van der Waals surface area contributed by atoms with Gasteiger partial charge in [0.05, 0.1) is 21.7 Å². The lowest BCUT2D eigenvalue weighted by Crippen LogP contribution is -2.30. The van der Waals surface area contributed by atoms with Crippen LogP contribution in [-0.2, 0) is 6.54 Å². The standard InChI is InChI=1S/C21H24ClN5O/c1-13-3-5-16(6-4-13)25-21(28)17-11-24-20-18(19(17)22)14(2)26-27(20)12-15-7-9-23-10-8-15/h3-6,11,15,23H,7-10,12H2,1-2H3,(H,25,28). The first-order valence-electron chi connectivity index (χ1n) is 9.63. The molecule has 4 rings (SSSR count). The van der Waals surface area contributed by atoms with E-state index in [2.05, 4.69) is 20.7 Å². The Morgan fingerprint density at radius 2 is 1.96 bits per heavy atom. The van der Waals surface area contributed by atoms with Gasteiger partial charge in [-0.3, -0.25) is 4.79 Å². The number of carbonyl (C=O) groups is 1. The van der Waals surface area contributed by atoms with Gasteiger partial charge < -0.3 is 10.6 Å². The van der Waals surface area contributed by atoms with E-state index >= 15 is 0 Å². The van der Waals surface area contributed by atoms with Gasteiger partial charge in [0.2, 0.25) is 0 Å². The number of aryl methyl sites for hydroxylation is 2. The van der Waals surface area contributed by atoms with Crippen molar-refractivity contribution >= 4 is 34.2 Å². The van der Waals surface area contributed by atoms with E-state index in [0.29, 0.717) is 16.5 Å². The number of anilines is 1. The minimum Gasteiger partial charge on any atom is -0.322 e. The van der Waals surface area contributed by atoms with Gasteiger partial charge in [-0.05, 0) is 57.8 Å². The average Bonchev–Trinajstić information content (AvgIpc) is 3.01. The zero-order chi connectivity index (χ0) is 19.7. The lowest BCUT2D eigenvalue weighted by molar-refractivity contribution is 0.102. The first-order valence-corrected chi connectivity index (χ1v) is 10.0. The normalized spacial score (nSPS) is 15.1. The fourth-order valence-electron chi connectivity index (χ4n) is 3.70. The van der Waals surface area contributed by atoms with Crippen molar-refractivity contribution < 1.29 is 4.79 Å². The minimum absolute atomic E-state index is 0.270. The minimum atomic E-state index is -0.270. The monoisotopic (exact) mass is 397 g/mol. The number of piperidine rings is 1. The van der Waals surface area contributed by atoms with Crippen molar-refractivity contribution in [3.8, 4) is 0 Å². The lowest BCUT2D eigenvalue weighted by atomic mass is 9.98. The van der Waals surface area contributed by atoms with E-state index in [9.17, 15) is 4.79 Å². The molecule has 28 heavy (non-hydrogen) atoms. The molecule has 3 aromatic rings. The number of rotatable bonds is 4. The predicted octanol–water partition coefficient (Wildman–Crippen LogP) is 3.95. The third kappa shape index (κ3) is 3.75. The van der Waals surface area contributed by atoms with Gasteiger partial charge in [0.1, 0.15) is 0 Å². The Balaban J connectivity index is 1.62. The highest BCUT2D eigenvalue weighted by atomic mass is 35.5. The van der Waals surface area contributed by atoms with Gasteiger partial charge in [-0.15, -0.1) is 0 Å². The van der Waals surface area contributed by atoms with Crippen LogP contribution in [0.2, 0.25) is 5.02 Å². The molecule has 1 aromatic carbocycles. The number of hydrogen-bond acceptors (Lipinski definition) is 4.